The molecule has 2 aromatic rings. The molecule has 3 rings (SSSR count). The van der Waals surface area contributed by atoms with Crippen LogP contribution >= 0.6 is 0 Å². The number of hydrogen-bond donors (Lipinski definition) is 2. The number of carboxylic acids is 1. The molecule has 0 radical (unpaired) electrons. The highest BCUT2D eigenvalue weighted by Crippen LogP contribution is 2.28. The first-order chi connectivity index (χ1) is 12.6. The minimum absolute atomic E-state index is 0.244. The van der Waals surface area contributed by atoms with Crippen molar-refractivity contribution in [1.82, 2.24) is 5.32 Å². The zero-order chi connectivity index (χ0) is 18.6. The van der Waals surface area contributed by atoms with Crippen LogP contribution in [0.15, 0.2) is 54.6 Å². The highest BCUT2D eigenvalue weighted by atomic mass is 16.5. The third kappa shape index (κ3) is 3.48. The molecule has 1 fully saturated rings. The van der Waals surface area contributed by atoms with Crippen molar-refractivity contribution in [2.24, 2.45) is 0 Å². The lowest BCUT2D eigenvalue weighted by molar-refractivity contribution is -0.145. The van der Waals surface area contributed by atoms with E-state index in [1.807, 2.05) is 24.3 Å². The summed E-state index contributed by atoms with van der Waals surface area (Å²) in [4.78, 5) is 24.9. The van der Waals surface area contributed by atoms with Crippen LogP contribution < -0.4 is 5.32 Å². The van der Waals surface area contributed by atoms with Crippen molar-refractivity contribution in [2.45, 2.75) is 31.2 Å². The molecule has 2 atom stereocenters. The van der Waals surface area contributed by atoms with Gasteiger partial charge in [-0.05, 0) is 36.1 Å². The Morgan fingerprint density at radius 2 is 1.96 bits per heavy atom. The molecular weight excluding hydrogens is 330 g/mol. The maximum absolute atomic E-state index is 12.9. The Morgan fingerprint density at radius 1 is 1.19 bits per heavy atom. The zero-order valence-corrected chi connectivity index (χ0v) is 14.8. The summed E-state index contributed by atoms with van der Waals surface area (Å²) < 4.78 is 5.42. The van der Waals surface area contributed by atoms with Crippen LogP contribution in [-0.4, -0.2) is 30.2 Å². The maximum atomic E-state index is 12.9. The van der Waals surface area contributed by atoms with Crippen LogP contribution in [0.5, 0.6) is 0 Å². The van der Waals surface area contributed by atoms with Gasteiger partial charge in [-0.2, -0.15) is 0 Å². The average molecular weight is 353 g/mol. The lowest BCUT2D eigenvalue weighted by Gasteiger charge is -2.30. The SMILES string of the molecule is CCC(NC(=O)c1cccc(C2CCOC2)c1)(C(=O)O)c1ccccc1. The molecule has 1 amide bonds. The van der Waals surface area contributed by atoms with Crippen molar-refractivity contribution in [3.63, 3.8) is 0 Å². The number of hydrogen-bond acceptors (Lipinski definition) is 3. The predicted octanol–water partition coefficient (Wildman–Crippen LogP) is 3.31. The average Bonchev–Trinajstić information content (AvgIpc) is 3.21. The molecule has 136 valence electrons. The molecule has 0 bridgehead atoms. The zero-order valence-electron chi connectivity index (χ0n) is 14.8. The van der Waals surface area contributed by atoms with Crippen molar-refractivity contribution < 1.29 is 19.4 Å². The molecule has 0 spiro atoms. The second-order valence-electron chi connectivity index (χ2n) is 6.57. The Bertz CT molecular complexity index is 784. The predicted molar refractivity (Wildman–Crippen MR) is 98.1 cm³/mol. The fourth-order valence-electron chi connectivity index (χ4n) is 3.41. The molecule has 0 aromatic heterocycles. The number of nitrogens with one attached hydrogen (secondary N) is 1. The van der Waals surface area contributed by atoms with E-state index in [9.17, 15) is 14.7 Å². The number of carboxylic acid groups (broad SMARTS) is 1. The summed E-state index contributed by atoms with van der Waals surface area (Å²) >= 11 is 0. The van der Waals surface area contributed by atoms with Crippen LogP contribution in [0, 0.1) is 0 Å². The molecule has 2 N–H and O–H groups in total. The fraction of sp³-hybridized carbons (Fsp3) is 0.333. The molecule has 5 heteroatoms. The van der Waals surface area contributed by atoms with Crippen LogP contribution in [0.1, 0.15) is 47.2 Å². The minimum atomic E-state index is -1.45. The van der Waals surface area contributed by atoms with Gasteiger partial charge in [-0.25, -0.2) is 4.79 Å². The molecule has 1 aliphatic heterocycles. The van der Waals surface area contributed by atoms with Gasteiger partial charge >= 0.3 is 5.97 Å². The standard InChI is InChI=1S/C21H23NO4/c1-2-21(20(24)25,18-9-4-3-5-10-18)22-19(23)16-8-6-7-15(13-16)17-11-12-26-14-17/h3-10,13,17H,2,11-12,14H2,1H3,(H,22,23)(H,24,25). The molecule has 0 aliphatic carbocycles. The van der Waals surface area contributed by atoms with Crippen LogP contribution in [0.3, 0.4) is 0 Å². The summed E-state index contributed by atoms with van der Waals surface area (Å²) in [5.41, 5.74) is 0.616. The Hall–Kier alpha value is -2.66. The Morgan fingerprint density at radius 3 is 2.58 bits per heavy atom. The molecule has 1 heterocycles. The Labute approximate surface area is 153 Å². The van der Waals surface area contributed by atoms with Crippen molar-refractivity contribution in [3.05, 3.63) is 71.3 Å². The van der Waals surface area contributed by atoms with Gasteiger partial charge < -0.3 is 15.2 Å². The summed E-state index contributed by atoms with van der Waals surface area (Å²) in [6.07, 6.45) is 1.18. The number of carbonyl (C=O) groups excluding carboxylic acids is 1. The Balaban J connectivity index is 1.89. The van der Waals surface area contributed by atoms with Crippen molar-refractivity contribution in [3.8, 4) is 0 Å². The molecular formula is C21H23NO4. The number of benzene rings is 2. The molecule has 1 aliphatic rings. The van der Waals surface area contributed by atoms with Gasteiger partial charge in [0.1, 0.15) is 0 Å². The number of aliphatic carboxylic acids is 1. The van der Waals surface area contributed by atoms with Crippen LogP contribution in [0.4, 0.5) is 0 Å². The van der Waals surface area contributed by atoms with E-state index < -0.39 is 11.5 Å². The molecule has 2 aromatic carbocycles. The molecule has 0 saturated carbocycles. The largest absolute Gasteiger partial charge is 0.479 e. The summed E-state index contributed by atoms with van der Waals surface area (Å²) in [6, 6.07) is 16.2. The van der Waals surface area contributed by atoms with Crippen LogP contribution in [0.25, 0.3) is 0 Å². The molecule has 1 saturated heterocycles. The molecule has 5 nitrogen and oxygen atoms in total. The van der Waals surface area contributed by atoms with Gasteiger partial charge in [-0.3, -0.25) is 4.79 Å². The van der Waals surface area contributed by atoms with E-state index in [2.05, 4.69) is 5.32 Å². The third-order valence-corrected chi connectivity index (χ3v) is 5.04. The van der Waals surface area contributed by atoms with E-state index in [1.54, 1.807) is 37.3 Å². The van der Waals surface area contributed by atoms with E-state index in [1.165, 1.54) is 0 Å². The number of ether oxygens (including phenoxy) is 1. The molecule has 2 unspecified atom stereocenters. The second kappa shape index (κ2) is 7.70. The van der Waals surface area contributed by atoms with E-state index in [0.717, 1.165) is 18.6 Å². The lowest BCUT2D eigenvalue weighted by Crippen LogP contribution is -2.51. The van der Waals surface area contributed by atoms with Crippen molar-refractivity contribution in [2.75, 3.05) is 13.2 Å². The van der Waals surface area contributed by atoms with Crippen molar-refractivity contribution in [1.29, 1.82) is 0 Å². The fourth-order valence-corrected chi connectivity index (χ4v) is 3.41. The Kier molecular flexibility index (Phi) is 5.38. The monoisotopic (exact) mass is 353 g/mol. The topological polar surface area (TPSA) is 75.6 Å². The first-order valence-corrected chi connectivity index (χ1v) is 8.86. The van der Waals surface area contributed by atoms with Gasteiger partial charge in [0.2, 0.25) is 0 Å². The number of amides is 1. The summed E-state index contributed by atoms with van der Waals surface area (Å²) in [5, 5.41) is 12.6. The minimum Gasteiger partial charge on any atom is -0.479 e. The maximum Gasteiger partial charge on any atom is 0.334 e. The number of rotatable bonds is 6. The first-order valence-electron chi connectivity index (χ1n) is 8.86. The van der Waals surface area contributed by atoms with Crippen molar-refractivity contribution >= 4 is 11.9 Å². The van der Waals surface area contributed by atoms with E-state index in [4.69, 9.17) is 4.74 Å². The van der Waals surface area contributed by atoms with E-state index >= 15 is 0 Å². The van der Waals surface area contributed by atoms with Gasteiger partial charge in [-0.1, -0.05) is 49.4 Å². The number of carbonyl (C=O) groups is 2. The van der Waals surface area contributed by atoms with Gasteiger partial charge in [-0.15, -0.1) is 0 Å². The third-order valence-electron chi connectivity index (χ3n) is 5.04. The van der Waals surface area contributed by atoms with Crippen LogP contribution in [0.2, 0.25) is 0 Å². The second-order valence-corrected chi connectivity index (χ2v) is 6.57. The highest BCUT2D eigenvalue weighted by molar-refractivity contribution is 5.98. The highest BCUT2D eigenvalue weighted by Gasteiger charge is 2.40. The first kappa shape index (κ1) is 18.1. The lowest BCUT2D eigenvalue weighted by atomic mass is 9.86. The molecule has 26 heavy (non-hydrogen) atoms. The smallest absolute Gasteiger partial charge is 0.334 e. The van der Waals surface area contributed by atoms with E-state index in [0.29, 0.717) is 17.7 Å². The van der Waals surface area contributed by atoms with Gasteiger partial charge in [0.15, 0.2) is 5.54 Å². The van der Waals surface area contributed by atoms with E-state index in [-0.39, 0.29) is 18.2 Å². The van der Waals surface area contributed by atoms with Crippen LogP contribution in [-0.2, 0) is 15.1 Å². The summed E-state index contributed by atoms with van der Waals surface area (Å²) in [5.74, 6) is -1.17. The van der Waals surface area contributed by atoms with Gasteiger partial charge in [0.25, 0.3) is 5.91 Å². The normalized spacial score (nSPS) is 18.9. The summed E-state index contributed by atoms with van der Waals surface area (Å²) in [7, 11) is 0. The summed E-state index contributed by atoms with van der Waals surface area (Å²) in [6.45, 7) is 3.14. The quantitative estimate of drug-likeness (QED) is 0.835. The van der Waals surface area contributed by atoms with Gasteiger partial charge in [0.05, 0.1) is 6.61 Å². The van der Waals surface area contributed by atoms with Gasteiger partial charge in [0, 0.05) is 18.1 Å².